The zero-order chi connectivity index (χ0) is 8.97. The molecular weight excluding hydrogens is 156 g/mol. The maximum absolute atomic E-state index is 11.3. The van der Waals surface area contributed by atoms with Gasteiger partial charge in [-0.3, -0.25) is 9.80 Å². The molecule has 5 heteroatoms. The first-order valence-corrected chi connectivity index (χ1v) is 3.47. The minimum atomic E-state index is -0.181. The summed E-state index contributed by atoms with van der Waals surface area (Å²) in [4.78, 5) is 18.9. The number of amides is 1. The largest absolute Gasteiger partial charge is 0.286 e. The molecule has 0 atom stereocenters. The molecule has 1 heterocycles. The highest BCUT2D eigenvalue weighted by atomic mass is 16.2. The summed E-state index contributed by atoms with van der Waals surface area (Å²) in [6.45, 7) is 0. The van der Waals surface area contributed by atoms with Gasteiger partial charge in [-0.1, -0.05) is 0 Å². The van der Waals surface area contributed by atoms with E-state index in [9.17, 15) is 4.79 Å². The SMILES string of the molecule is CNN(C)C(=O)c1ccncn1. The highest BCUT2D eigenvalue weighted by Gasteiger charge is 2.09. The van der Waals surface area contributed by atoms with Crippen molar-refractivity contribution in [1.82, 2.24) is 20.4 Å². The third-order valence-electron chi connectivity index (χ3n) is 1.44. The third kappa shape index (κ3) is 1.76. The fourth-order valence-corrected chi connectivity index (χ4v) is 0.691. The van der Waals surface area contributed by atoms with Crippen LogP contribution in [-0.2, 0) is 0 Å². The van der Waals surface area contributed by atoms with E-state index >= 15 is 0 Å². The van der Waals surface area contributed by atoms with Gasteiger partial charge in [0.1, 0.15) is 12.0 Å². The van der Waals surface area contributed by atoms with Gasteiger partial charge >= 0.3 is 0 Å². The predicted molar refractivity (Wildman–Crippen MR) is 43.2 cm³/mol. The maximum atomic E-state index is 11.3. The second-order valence-corrected chi connectivity index (χ2v) is 2.18. The number of carbonyl (C=O) groups is 1. The standard InChI is InChI=1S/C7H10N4O/c1-8-11(2)7(12)6-3-4-9-5-10-6/h3-5,8H,1-2H3. The van der Waals surface area contributed by atoms with Gasteiger partial charge in [0, 0.05) is 20.3 Å². The Morgan fingerprint density at radius 3 is 2.92 bits per heavy atom. The van der Waals surface area contributed by atoms with Gasteiger partial charge in [0.25, 0.3) is 5.91 Å². The van der Waals surface area contributed by atoms with Gasteiger partial charge in [0.2, 0.25) is 0 Å². The average molecular weight is 166 g/mol. The highest BCUT2D eigenvalue weighted by Crippen LogP contribution is 1.94. The van der Waals surface area contributed by atoms with Crippen molar-refractivity contribution in [2.24, 2.45) is 0 Å². The first-order valence-electron chi connectivity index (χ1n) is 3.47. The Labute approximate surface area is 70.4 Å². The molecule has 0 unspecified atom stereocenters. The van der Waals surface area contributed by atoms with Crippen molar-refractivity contribution in [3.63, 3.8) is 0 Å². The van der Waals surface area contributed by atoms with Gasteiger partial charge in [-0.2, -0.15) is 0 Å². The average Bonchev–Trinajstić information content (AvgIpc) is 2.17. The third-order valence-corrected chi connectivity index (χ3v) is 1.44. The molecule has 1 aromatic heterocycles. The van der Waals surface area contributed by atoms with Crippen LogP contribution in [0.2, 0.25) is 0 Å². The minimum Gasteiger partial charge on any atom is -0.276 e. The Bertz CT molecular complexity index is 261. The maximum Gasteiger partial charge on any atom is 0.286 e. The van der Waals surface area contributed by atoms with Crippen LogP contribution in [0.4, 0.5) is 0 Å². The van der Waals surface area contributed by atoms with Gasteiger partial charge in [-0.05, 0) is 6.07 Å². The molecule has 1 aromatic rings. The van der Waals surface area contributed by atoms with E-state index in [1.165, 1.54) is 17.5 Å². The lowest BCUT2D eigenvalue weighted by Gasteiger charge is -2.13. The van der Waals surface area contributed by atoms with Crippen molar-refractivity contribution in [2.45, 2.75) is 0 Å². The molecule has 0 aromatic carbocycles. The van der Waals surface area contributed by atoms with E-state index in [-0.39, 0.29) is 5.91 Å². The fourth-order valence-electron chi connectivity index (χ4n) is 0.691. The Morgan fingerprint density at radius 1 is 1.67 bits per heavy atom. The smallest absolute Gasteiger partial charge is 0.276 e. The van der Waals surface area contributed by atoms with Gasteiger partial charge in [0.05, 0.1) is 0 Å². The van der Waals surface area contributed by atoms with Crippen molar-refractivity contribution in [2.75, 3.05) is 14.1 Å². The summed E-state index contributed by atoms with van der Waals surface area (Å²) in [5.41, 5.74) is 3.06. The zero-order valence-corrected chi connectivity index (χ0v) is 6.98. The molecule has 12 heavy (non-hydrogen) atoms. The van der Waals surface area contributed by atoms with Crippen molar-refractivity contribution in [3.8, 4) is 0 Å². The van der Waals surface area contributed by atoms with Crippen LogP contribution < -0.4 is 5.43 Å². The summed E-state index contributed by atoms with van der Waals surface area (Å²) in [5, 5.41) is 1.35. The van der Waals surface area contributed by atoms with Crippen LogP contribution >= 0.6 is 0 Å². The van der Waals surface area contributed by atoms with Crippen molar-refractivity contribution in [3.05, 3.63) is 24.3 Å². The molecule has 0 spiro atoms. The van der Waals surface area contributed by atoms with E-state index in [1.54, 1.807) is 20.2 Å². The quantitative estimate of drug-likeness (QED) is 0.612. The fraction of sp³-hybridized carbons (Fsp3) is 0.286. The minimum absolute atomic E-state index is 0.181. The summed E-state index contributed by atoms with van der Waals surface area (Å²) in [6, 6.07) is 1.57. The molecule has 1 N–H and O–H groups in total. The summed E-state index contributed by atoms with van der Waals surface area (Å²) >= 11 is 0. The van der Waals surface area contributed by atoms with E-state index in [4.69, 9.17) is 0 Å². The lowest BCUT2D eigenvalue weighted by atomic mass is 10.4. The number of carbonyl (C=O) groups excluding carboxylic acids is 1. The Kier molecular flexibility index (Phi) is 2.71. The van der Waals surface area contributed by atoms with Crippen molar-refractivity contribution >= 4 is 5.91 Å². The number of nitrogens with one attached hydrogen (secondary N) is 1. The van der Waals surface area contributed by atoms with E-state index in [2.05, 4.69) is 15.4 Å². The first kappa shape index (κ1) is 8.61. The Balaban J connectivity index is 2.79. The molecule has 0 saturated heterocycles. The summed E-state index contributed by atoms with van der Waals surface area (Å²) in [6.07, 6.45) is 2.88. The zero-order valence-electron chi connectivity index (χ0n) is 6.98. The van der Waals surface area contributed by atoms with Crippen LogP contribution in [0.25, 0.3) is 0 Å². The molecule has 0 saturated carbocycles. The summed E-state index contributed by atoms with van der Waals surface area (Å²) in [5.74, 6) is -0.181. The van der Waals surface area contributed by atoms with E-state index in [1.807, 2.05) is 0 Å². The number of hydrogen-bond acceptors (Lipinski definition) is 4. The number of rotatable bonds is 2. The van der Waals surface area contributed by atoms with E-state index in [0.717, 1.165) is 0 Å². The second kappa shape index (κ2) is 3.77. The molecule has 1 amide bonds. The molecule has 0 aliphatic rings. The normalized spacial score (nSPS) is 9.50. The number of hydrogen-bond donors (Lipinski definition) is 1. The molecule has 0 aliphatic carbocycles. The van der Waals surface area contributed by atoms with E-state index < -0.39 is 0 Å². The second-order valence-electron chi connectivity index (χ2n) is 2.18. The Morgan fingerprint density at radius 2 is 2.42 bits per heavy atom. The van der Waals surface area contributed by atoms with Crippen LogP contribution in [0.15, 0.2) is 18.6 Å². The van der Waals surface area contributed by atoms with Gasteiger partial charge in [0.15, 0.2) is 0 Å². The molecule has 0 aliphatic heterocycles. The van der Waals surface area contributed by atoms with Gasteiger partial charge < -0.3 is 0 Å². The summed E-state index contributed by atoms with van der Waals surface area (Å²) in [7, 11) is 3.30. The van der Waals surface area contributed by atoms with Gasteiger partial charge in [-0.15, -0.1) is 0 Å². The molecule has 0 radical (unpaired) electrons. The van der Waals surface area contributed by atoms with E-state index in [0.29, 0.717) is 5.69 Å². The monoisotopic (exact) mass is 166 g/mol. The Hall–Kier alpha value is -1.49. The topological polar surface area (TPSA) is 58.1 Å². The lowest BCUT2D eigenvalue weighted by molar-refractivity contribution is 0.0729. The van der Waals surface area contributed by atoms with Crippen LogP contribution in [0.3, 0.4) is 0 Å². The van der Waals surface area contributed by atoms with Crippen LogP contribution in [0.5, 0.6) is 0 Å². The predicted octanol–water partition coefficient (Wildman–Crippen LogP) is -0.317. The van der Waals surface area contributed by atoms with Crippen LogP contribution in [0, 0.1) is 0 Å². The number of hydrazine groups is 1. The molecule has 0 fully saturated rings. The number of aromatic nitrogens is 2. The lowest BCUT2D eigenvalue weighted by Crippen LogP contribution is -2.37. The van der Waals surface area contributed by atoms with Crippen molar-refractivity contribution < 1.29 is 4.79 Å². The highest BCUT2D eigenvalue weighted by molar-refractivity contribution is 5.91. The van der Waals surface area contributed by atoms with Crippen LogP contribution in [-0.4, -0.2) is 35.0 Å². The molecule has 64 valence electrons. The first-order chi connectivity index (χ1) is 5.75. The molecule has 1 rings (SSSR count). The number of nitrogens with zero attached hydrogens (tertiary/aromatic N) is 3. The van der Waals surface area contributed by atoms with Crippen LogP contribution in [0.1, 0.15) is 10.5 Å². The molecular formula is C7H10N4O. The summed E-state index contributed by atoms with van der Waals surface area (Å²) < 4.78 is 0. The van der Waals surface area contributed by atoms with Crippen molar-refractivity contribution in [1.29, 1.82) is 0 Å². The van der Waals surface area contributed by atoms with Gasteiger partial charge in [-0.25, -0.2) is 15.4 Å². The molecule has 5 nitrogen and oxygen atoms in total. The molecule has 0 bridgehead atoms.